The third kappa shape index (κ3) is 5.18. The molecule has 2 rings (SSSR count). The van der Waals surface area contributed by atoms with Crippen LogP contribution in [0.1, 0.15) is 28.8 Å². The number of nitrogens with zero attached hydrogens (tertiary/aromatic N) is 1. The number of rotatable bonds is 6. The molecule has 146 valence electrons. The van der Waals surface area contributed by atoms with Gasteiger partial charge in [0, 0.05) is 17.8 Å². The average Bonchev–Trinajstić information content (AvgIpc) is 2.63. The molecule has 1 amide bonds. The maximum absolute atomic E-state index is 13.1. The van der Waals surface area contributed by atoms with Crippen LogP contribution in [0.15, 0.2) is 23.0 Å². The fourth-order valence-corrected chi connectivity index (χ4v) is 2.82. The summed E-state index contributed by atoms with van der Waals surface area (Å²) < 4.78 is 18.0. The van der Waals surface area contributed by atoms with Gasteiger partial charge in [-0.05, 0) is 49.6 Å². The van der Waals surface area contributed by atoms with Crippen molar-refractivity contribution >= 4 is 29.2 Å². The Morgan fingerprint density at radius 3 is 2.71 bits per heavy atom. The summed E-state index contributed by atoms with van der Waals surface area (Å²) in [5.41, 5.74) is 1.57. The van der Waals surface area contributed by atoms with Gasteiger partial charge in [0.2, 0.25) is 0 Å². The van der Waals surface area contributed by atoms with E-state index in [-0.39, 0.29) is 29.1 Å². The number of hydrogen-bond acceptors (Lipinski definition) is 5. The summed E-state index contributed by atoms with van der Waals surface area (Å²) in [6, 6.07) is 5.52. The summed E-state index contributed by atoms with van der Waals surface area (Å²) >= 11 is 5.63. The van der Waals surface area contributed by atoms with Crippen LogP contribution < -0.4 is 10.9 Å². The van der Waals surface area contributed by atoms with Crippen molar-refractivity contribution in [2.75, 3.05) is 11.9 Å². The predicted octanol–water partition coefficient (Wildman–Crippen LogP) is 2.77. The van der Waals surface area contributed by atoms with Gasteiger partial charge in [-0.2, -0.15) is 5.26 Å². The summed E-state index contributed by atoms with van der Waals surface area (Å²) in [6.07, 6.45) is 0.214. The molecule has 2 aromatic rings. The highest BCUT2D eigenvalue weighted by molar-refractivity contribution is 6.31. The normalized spacial score (nSPS) is 10.2. The van der Waals surface area contributed by atoms with Gasteiger partial charge in [0.15, 0.2) is 6.61 Å². The number of H-pyrrole nitrogens is 1. The molecule has 7 nitrogen and oxygen atoms in total. The fourth-order valence-electron chi connectivity index (χ4n) is 2.64. The Kier molecular flexibility index (Phi) is 6.90. The third-order valence-electron chi connectivity index (χ3n) is 4.07. The topological polar surface area (TPSA) is 112 Å². The Balaban J connectivity index is 1.89. The first-order valence-electron chi connectivity index (χ1n) is 8.26. The average molecular weight is 406 g/mol. The van der Waals surface area contributed by atoms with E-state index < -0.39 is 29.9 Å². The number of amides is 1. The Labute approximate surface area is 165 Å². The Bertz CT molecular complexity index is 1030. The zero-order valence-corrected chi connectivity index (χ0v) is 15.9. The van der Waals surface area contributed by atoms with Crippen molar-refractivity contribution in [2.24, 2.45) is 0 Å². The molecule has 0 unspecified atom stereocenters. The number of carbonyl (C=O) groups excluding carboxylic acids is 2. The van der Waals surface area contributed by atoms with Gasteiger partial charge < -0.3 is 15.0 Å². The van der Waals surface area contributed by atoms with E-state index in [9.17, 15) is 18.8 Å². The van der Waals surface area contributed by atoms with Gasteiger partial charge in [-0.25, -0.2) is 4.39 Å². The number of benzene rings is 1. The molecule has 0 radical (unpaired) electrons. The molecule has 0 atom stereocenters. The third-order valence-corrected chi connectivity index (χ3v) is 4.36. The first-order chi connectivity index (χ1) is 13.2. The van der Waals surface area contributed by atoms with E-state index in [0.717, 1.165) is 6.07 Å². The van der Waals surface area contributed by atoms with Gasteiger partial charge >= 0.3 is 5.97 Å². The van der Waals surface area contributed by atoms with Gasteiger partial charge in [-0.15, -0.1) is 0 Å². The molecule has 2 N–H and O–H groups in total. The number of aromatic amines is 1. The highest BCUT2D eigenvalue weighted by Crippen LogP contribution is 2.19. The quantitative estimate of drug-likeness (QED) is 0.717. The smallest absolute Gasteiger partial charge is 0.306 e. The van der Waals surface area contributed by atoms with E-state index in [1.165, 1.54) is 12.1 Å². The second-order valence-corrected chi connectivity index (χ2v) is 6.41. The molecule has 0 saturated heterocycles. The second kappa shape index (κ2) is 9.15. The van der Waals surface area contributed by atoms with E-state index in [2.05, 4.69) is 10.3 Å². The number of nitriles is 1. The van der Waals surface area contributed by atoms with Crippen LogP contribution in [0.3, 0.4) is 0 Å². The molecule has 0 aliphatic rings. The minimum absolute atomic E-state index is 0.00584. The van der Waals surface area contributed by atoms with Crippen LogP contribution in [-0.4, -0.2) is 23.5 Å². The number of aromatic nitrogens is 1. The SMILES string of the molecule is Cc1[nH]c(=O)c(C#N)c(C)c1CCC(=O)OCC(=O)Nc1ccc(F)c(Cl)c1. The molecule has 0 fully saturated rings. The van der Waals surface area contributed by atoms with Crippen molar-refractivity contribution in [1.82, 2.24) is 4.98 Å². The highest BCUT2D eigenvalue weighted by atomic mass is 35.5. The minimum atomic E-state index is -0.615. The molecule has 0 saturated carbocycles. The zero-order chi connectivity index (χ0) is 20.8. The summed E-state index contributed by atoms with van der Waals surface area (Å²) in [4.78, 5) is 38.0. The van der Waals surface area contributed by atoms with Crippen LogP contribution in [0, 0.1) is 31.0 Å². The summed E-state index contributed by atoms with van der Waals surface area (Å²) in [5.74, 6) is -1.83. The molecular formula is C19H17ClFN3O4. The Morgan fingerprint density at radius 1 is 1.36 bits per heavy atom. The van der Waals surface area contributed by atoms with Crippen molar-refractivity contribution in [3.63, 3.8) is 0 Å². The number of nitrogens with one attached hydrogen (secondary N) is 2. The van der Waals surface area contributed by atoms with Crippen LogP contribution in [0.5, 0.6) is 0 Å². The van der Waals surface area contributed by atoms with Gasteiger partial charge in [0.05, 0.1) is 5.02 Å². The first-order valence-corrected chi connectivity index (χ1v) is 8.63. The predicted molar refractivity (Wildman–Crippen MR) is 101 cm³/mol. The maximum Gasteiger partial charge on any atom is 0.306 e. The van der Waals surface area contributed by atoms with Crippen LogP contribution in [0.4, 0.5) is 10.1 Å². The lowest BCUT2D eigenvalue weighted by Crippen LogP contribution is -2.21. The Hall–Kier alpha value is -3.18. The van der Waals surface area contributed by atoms with Crippen LogP contribution in [0.25, 0.3) is 0 Å². The lowest BCUT2D eigenvalue weighted by molar-refractivity contribution is -0.147. The lowest BCUT2D eigenvalue weighted by atomic mass is 9.99. The molecule has 0 aliphatic carbocycles. The summed E-state index contributed by atoms with van der Waals surface area (Å²) in [5, 5.41) is 11.4. The largest absolute Gasteiger partial charge is 0.456 e. The molecule has 1 heterocycles. The van der Waals surface area contributed by atoms with Crippen molar-refractivity contribution in [3.8, 4) is 6.07 Å². The van der Waals surface area contributed by atoms with Crippen LogP contribution in [-0.2, 0) is 20.7 Å². The summed E-state index contributed by atoms with van der Waals surface area (Å²) in [6.45, 7) is 2.81. The van der Waals surface area contributed by atoms with Gasteiger partial charge in [-0.3, -0.25) is 14.4 Å². The van der Waals surface area contributed by atoms with E-state index in [1.54, 1.807) is 13.8 Å². The zero-order valence-electron chi connectivity index (χ0n) is 15.2. The molecule has 0 aliphatic heterocycles. The van der Waals surface area contributed by atoms with E-state index in [1.807, 2.05) is 6.07 Å². The molecular weight excluding hydrogens is 389 g/mol. The minimum Gasteiger partial charge on any atom is -0.456 e. The van der Waals surface area contributed by atoms with Gasteiger partial charge in [0.25, 0.3) is 11.5 Å². The standard InChI is InChI=1S/C19H17ClFN3O4/c1-10-13(11(2)23-19(27)14(10)8-22)4-6-18(26)28-9-17(25)24-12-3-5-16(21)15(20)7-12/h3,5,7H,4,6,9H2,1-2H3,(H,23,27)(H,24,25). The number of esters is 1. The number of anilines is 1. The molecule has 0 bridgehead atoms. The first kappa shape index (κ1) is 21.1. The Morgan fingerprint density at radius 2 is 2.07 bits per heavy atom. The van der Waals surface area contributed by atoms with Crippen molar-refractivity contribution in [2.45, 2.75) is 26.7 Å². The van der Waals surface area contributed by atoms with Crippen LogP contribution in [0.2, 0.25) is 5.02 Å². The van der Waals surface area contributed by atoms with Crippen molar-refractivity contribution < 1.29 is 18.7 Å². The molecule has 1 aromatic carbocycles. The number of hydrogen-bond donors (Lipinski definition) is 2. The molecule has 1 aromatic heterocycles. The highest BCUT2D eigenvalue weighted by Gasteiger charge is 2.15. The van der Waals surface area contributed by atoms with Gasteiger partial charge in [-0.1, -0.05) is 11.6 Å². The molecule has 28 heavy (non-hydrogen) atoms. The number of carbonyl (C=O) groups is 2. The monoisotopic (exact) mass is 405 g/mol. The fraction of sp³-hybridized carbons (Fsp3) is 0.263. The van der Waals surface area contributed by atoms with Crippen LogP contribution >= 0.6 is 11.6 Å². The van der Waals surface area contributed by atoms with Crippen molar-refractivity contribution in [1.29, 1.82) is 5.26 Å². The van der Waals surface area contributed by atoms with Crippen molar-refractivity contribution in [3.05, 3.63) is 61.8 Å². The lowest BCUT2D eigenvalue weighted by Gasteiger charge is -2.11. The second-order valence-electron chi connectivity index (χ2n) is 6.01. The molecule has 0 spiro atoms. The van der Waals surface area contributed by atoms with E-state index >= 15 is 0 Å². The number of aryl methyl sites for hydroxylation is 1. The molecule has 9 heteroatoms. The van der Waals surface area contributed by atoms with E-state index in [4.69, 9.17) is 21.6 Å². The summed E-state index contributed by atoms with van der Waals surface area (Å²) in [7, 11) is 0. The maximum atomic E-state index is 13.1. The number of ether oxygens (including phenoxy) is 1. The number of pyridine rings is 1. The van der Waals surface area contributed by atoms with E-state index in [0.29, 0.717) is 16.8 Å². The number of halogens is 2. The van der Waals surface area contributed by atoms with Gasteiger partial charge in [0.1, 0.15) is 17.4 Å².